The molecule has 0 heterocycles. The van der Waals surface area contributed by atoms with Crippen molar-refractivity contribution in [2.75, 3.05) is 13.2 Å². The van der Waals surface area contributed by atoms with Crippen LogP contribution in [0.4, 0.5) is 0 Å². The van der Waals surface area contributed by atoms with Crippen LogP contribution in [0.2, 0.25) is 0 Å². The third-order valence-electron chi connectivity index (χ3n) is 3.65. The number of phenols is 1. The number of aromatic hydroxyl groups is 1. The van der Waals surface area contributed by atoms with Crippen molar-refractivity contribution in [3.63, 3.8) is 0 Å². The second-order valence-corrected chi connectivity index (χ2v) is 5.83. The van der Waals surface area contributed by atoms with E-state index in [0.717, 1.165) is 42.6 Å². The Hall–Kier alpha value is -2.49. The van der Waals surface area contributed by atoms with E-state index in [1.165, 1.54) is 0 Å². The van der Waals surface area contributed by atoms with Crippen molar-refractivity contribution < 1.29 is 19.4 Å². The van der Waals surface area contributed by atoms with Gasteiger partial charge >= 0.3 is 5.97 Å². The molecule has 0 unspecified atom stereocenters. The van der Waals surface area contributed by atoms with Gasteiger partial charge in [0.05, 0.1) is 6.61 Å². The van der Waals surface area contributed by atoms with Gasteiger partial charge in [-0.15, -0.1) is 0 Å². The van der Waals surface area contributed by atoms with Gasteiger partial charge in [-0.05, 0) is 43.0 Å². The van der Waals surface area contributed by atoms with Gasteiger partial charge in [0.25, 0.3) is 0 Å². The Bertz CT molecular complexity index is 652. The van der Waals surface area contributed by atoms with Gasteiger partial charge < -0.3 is 14.6 Å². The van der Waals surface area contributed by atoms with Crippen LogP contribution >= 0.6 is 0 Å². The van der Waals surface area contributed by atoms with Crippen molar-refractivity contribution in [2.45, 2.75) is 46.5 Å². The fourth-order valence-corrected chi connectivity index (χ4v) is 2.45. The highest BCUT2D eigenvalue weighted by molar-refractivity contribution is 5.71. The number of rotatable bonds is 8. The number of para-hydroxylation sites is 2. The van der Waals surface area contributed by atoms with Crippen molar-refractivity contribution in [1.82, 2.24) is 0 Å². The van der Waals surface area contributed by atoms with Crippen LogP contribution in [0.3, 0.4) is 0 Å². The van der Waals surface area contributed by atoms with Crippen LogP contribution in [0.1, 0.15) is 44.7 Å². The second kappa shape index (κ2) is 12.8. The summed E-state index contributed by atoms with van der Waals surface area (Å²) in [5.74, 6) is 0.871. The number of carbonyl (C=O) groups is 1. The maximum atomic E-state index is 11.1. The molecule has 0 aliphatic carbocycles. The first-order valence-electron chi connectivity index (χ1n) is 9.25. The molecular weight excluding hydrogens is 328 g/mol. The fourth-order valence-electron chi connectivity index (χ4n) is 2.45. The Morgan fingerprint density at radius 3 is 2.08 bits per heavy atom. The highest BCUT2D eigenvalue weighted by atomic mass is 16.6. The lowest BCUT2D eigenvalue weighted by molar-refractivity contribution is -0.145. The van der Waals surface area contributed by atoms with E-state index in [1.807, 2.05) is 42.5 Å². The SMILES string of the molecule is CCCc1ccccc1O.CCCc1ccccc1OCC(=O)OCC. The summed E-state index contributed by atoms with van der Waals surface area (Å²) in [6, 6.07) is 15.2. The van der Waals surface area contributed by atoms with Gasteiger partial charge in [0.2, 0.25) is 0 Å². The molecule has 0 saturated carbocycles. The Kier molecular flexibility index (Phi) is 10.6. The number of ether oxygens (including phenoxy) is 2. The zero-order valence-corrected chi connectivity index (χ0v) is 16.0. The summed E-state index contributed by atoms with van der Waals surface area (Å²) in [6.07, 6.45) is 4.06. The number of hydrogen-bond acceptors (Lipinski definition) is 4. The standard InChI is InChI=1S/C13H18O3.C9H12O/c1-3-7-11-8-5-6-9-12(11)16-10-13(14)15-4-2;1-2-5-8-6-3-4-7-9(8)10/h5-6,8-9H,3-4,7,10H2,1-2H3;3-4,6-7,10H,2,5H2,1H3. The minimum Gasteiger partial charge on any atom is -0.508 e. The lowest BCUT2D eigenvalue weighted by atomic mass is 10.1. The van der Waals surface area contributed by atoms with Gasteiger partial charge in [0.1, 0.15) is 11.5 Å². The Morgan fingerprint density at radius 2 is 1.46 bits per heavy atom. The summed E-state index contributed by atoms with van der Waals surface area (Å²) < 4.78 is 10.2. The Labute approximate surface area is 156 Å². The first-order chi connectivity index (χ1) is 12.6. The molecule has 2 rings (SSSR count). The molecule has 0 aliphatic rings. The normalized spacial score (nSPS) is 9.81. The van der Waals surface area contributed by atoms with Gasteiger partial charge in [0, 0.05) is 0 Å². The van der Waals surface area contributed by atoms with E-state index in [9.17, 15) is 9.90 Å². The number of benzene rings is 2. The molecule has 142 valence electrons. The van der Waals surface area contributed by atoms with E-state index in [1.54, 1.807) is 13.0 Å². The first kappa shape index (κ1) is 21.6. The minimum atomic E-state index is -0.325. The molecule has 26 heavy (non-hydrogen) atoms. The van der Waals surface area contributed by atoms with Gasteiger partial charge in [0.15, 0.2) is 6.61 Å². The lowest BCUT2D eigenvalue weighted by Crippen LogP contribution is -2.15. The van der Waals surface area contributed by atoms with E-state index in [0.29, 0.717) is 12.4 Å². The number of esters is 1. The highest BCUT2D eigenvalue weighted by Crippen LogP contribution is 2.19. The molecule has 0 atom stereocenters. The predicted octanol–water partition coefficient (Wildman–Crippen LogP) is 4.93. The van der Waals surface area contributed by atoms with Crippen molar-refractivity contribution in [2.24, 2.45) is 0 Å². The number of hydrogen-bond donors (Lipinski definition) is 1. The van der Waals surface area contributed by atoms with Gasteiger partial charge in [-0.3, -0.25) is 0 Å². The fraction of sp³-hybridized carbons (Fsp3) is 0.409. The molecule has 0 bridgehead atoms. The molecule has 4 nitrogen and oxygen atoms in total. The molecule has 2 aromatic rings. The van der Waals surface area contributed by atoms with Crippen LogP contribution in [-0.4, -0.2) is 24.3 Å². The second-order valence-electron chi connectivity index (χ2n) is 5.83. The summed E-state index contributed by atoms with van der Waals surface area (Å²) in [7, 11) is 0. The number of phenolic OH excluding ortho intramolecular Hbond substituents is 1. The smallest absolute Gasteiger partial charge is 0.344 e. The van der Waals surface area contributed by atoms with Crippen LogP contribution in [0.15, 0.2) is 48.5 Å². The summed E-state index contributed by atoms with van der Waals surface area (Å²) in [4.78, 5) is 11.1. The molecule has 1 N–H and O–H groups in total. The van der Waals surface area contributed by atoms with E-state index in [4.69, 9.17) is 9.47 Å². The van der Waals surface area contributed by atoms with Crippen LogP contribution in [-0.2, 0) is 22.4 Å². The molecule has 0 saturated heterocycles. The Balaban J connectivity index is 0.000000289. The number of carbonyl (C=O) groups excluding carboxylic acids is 1. The minimum absolute atomic E-state index is 0.0193. The largest absolute Gasteiger partial charge is 0.508 e. The van der Waals surface area contributed by atoms with Crippen molar-refractivity contribution >= 4 is 5.97 Å². The van der Waals surface area contributed by atoms with E-state index >= 15 is 0 Å². The summed E-state index contributed by atoms with van der Waals surface area (Å²) in [5, 5.41) is 9.24. The molecule has 0 spiro atoms. The molecule has 4 heteroatoms. The zero-order valence-electron chi connectivity index (χ0n) is 16.0. The van der Waals surface area contributed by atoms with Gasteiger partial charge in [-0.2, -0.15) is 0 Å². The Morgan fingerprint density at radius 1 is 0.885 bits per heavy atom. The lowest BCUT2D eigenvalue weighted by Gasteiger charge is -2.10. The molecule has 0 radical (unpaired) electrons. The van der Waals surface area contributed by atoms with Crippen LogP contribution in [0.5, 0.6) is 11.5 Å². The highest BCUT2D eigenvalue weighted by Gasteiger charge is 2.06. The van der Waals surface area contributed by atoms with Crippen molar-refractivity contribution in [1.29, 1.82) is 0 Å². The zero-order chi connectivity index (χ0) is 19.2. The molecular formula is C22H30O4. The molecule has 0 aromatic heterocycles. The quantitative estimate of drug-likeness (QED) is 0.680. The van der Waals surface area contributed by atoms with Gasteiger partial charge in [-0.1, -0.05) is 63.1 Å². The van der Waals surface area contributed by atoms with Crippen LogP contribution in [0, 0.1) is 0 Å². The average molecular weight is 358 g/mol. The van der Waals surface area contributed by atoms with Crippen molar-refractivity contribution in [3.05, 3.63) is 59.7 Å². The summed E-state index contributed by atoms with van der Waals surface area (Å²) in [6.45, 7) is 6.37. The topological polar surface area (TPSA) is 55.8 Å². The van der Waals surface area contributed by atoms with Crippen molar-refractivity contribution in [3.8, 4) is 11.5 Å². The molecule has 0 amide bonds. The molecule has 0 fully saturated rings. The third kappa shape index (κ3) is 8.06. The van der Waals surface area contributed by atoms with Gasteiger partial charge in [-0.25, -0.2) is 4.79 Å². The third-order valence-corrected chi connectivity index (χ3v) is 3.65. The summed E-state index contributed by atoms with van der Waals surface area (Å²) >= 11 is 0. The first-order valence-corrected chi connectivity index (χ1v) is 9.25. The monoisotopic (exact) mass is 358 g/mol. The van der Waals surface area contributed by atoms with Crippen LogP contribution < -0.4 is 4.74 Å². The molecule has 2 aromatic carbocycles. The summed E-state index contributed by atoms with van der Waals surface area (Å²) in [5.41, 5.74) is 2.18. The number of aryl methyl sites for hydroxylation is 2. The van der Waals surface area contributed by atoms with E-state index < -0.39 is 0 Å². The maximum absolute atomic E-state index is 11.1. The maximum Gasteiger partial charge on any atom is 0.344 e. The van der Waals surface area contributed by atoms with Crippen LogP contribution in [0.25, 0.3) is 0 Å². The molecule has 0 aliphatic heterocycles. The average Bonchev–Trinajstić information content (AvgIpc) is 2.64. The van der Waals surface area contributed by atoms with E-state index in [-0.39, 0.29) is 12.6 Å². The van der Waals surface area contributed by atoms with E-state index in [2.05, 4.69) is 13.8 Å². The predicted molar refractivity (Wildman–Crippen MR) is 105 cm³/mol.